The van der Waals surface area contributed by atoms with Crippen molar-refractivity contribution in [2.45, 2.75) is 12.8 Å². The Balaban J connectivity index is 1.79. The first-order valence-electron chi connectivity index (χ1n) is 6.78. The van der Waals surface area contributed by atoms with Crippen LogP contribution in [0.1, 0.15) is 32.8 Å². The number of aromatic nitrogens is 1. The molecule has 0 saturated heterocycles. The lowest BCUT2D eigenvalue weighted by molar-refractivity contribution is 0.0695. The molecule has 2 aromatic rings. The molecule has 0 atom stereocenters. The molecule has 0 radical (unpaired) electrons. The number of hydrogen-bond donors (Lipinski definition) is 2. The molecule has 0 fully saturated rings. The fourth-order valence-electron chi connectivity index (χ4n) is 1.93. The zero-order valence-electron chi connectivity index (χ0n) is 11.8. The average molecular weight is 302 g/mol. The number of nitrogens with zero attached hydrogens (tertiary/aromatic N) is 1. The number of nitrogens with one attached hydrogen (secondary N) is 1. The normalized spacial score (nSPS) is 10.2. The van der Waals surface area contributed by atoms with Gasteiger partial charge >= 0.3 is 5.97 Å². The van der Waals surface area contributed by atoms with Gasteiger partial charge in [0.25, 0.3) is 5.91 Å². The van der Waals surface area contributed by atoms with Crippen LogP contribution in [0.15, 0.2) is 42.6 Å². The van der Waals surface area contributed by atoms with Gasteiger partial charge in [-0.25, -0.2) is 9.18 Å². The number of carboxylic acid groups (broad SMARTS) is 1. The monoisotopic (exact) mass is 302 g/mol. The molecule has 0 aliphatic rings. The van der Waals surface area contributed by atoms with Crippen molar-refractivity contribution in [3.63, 3.8) is 0 Å². The number of pyridine rings is 1. The van der Waals surface area contributed by atoms with Crippen LogP contribution in [-0.2, 0) is 6.42 Å². The summed E-state index contributed by atoms with van der Waals surface area (Å²) in [6.45, 7) is 0.428. The number of halogens is 1. The van der Waals surface area contributed by atoms with Crippen LogP contribution in [0.4, 0.5) is 4.39 Å². The van der Waals surface area contributed by atoms with Gasteiger partial charge in [0.15, 0.2) is 0 Å². The van der Waals surface area contributed by atoms with Gasteiger partial charge < -0.3 is 10.4 Å². The number of rotatable bonds is 6. The van der Waals surface area contributed by atoms with E-state index in [1.807, 2.05) is 6.07 Å². The van der Waals surface area contributed by atoms with Crippen LogP contribution < -0.4 is 5.32 Å². The summed E-state index contributed by atoms with van der Waals surface area (Å²) >= 11 is 0. The topological polar surface area (TPSA) is 79.3 Å². The minimum atomic E-state index is -1.09. The van der Waals surface area contributed by atoms with Crippen molar-refractivity contribution in [3.05, 3.63) is 65.2 Å². The molecule has 1 aromatic carbocycles. The largest absolute Gasteiger partial charge is 0.478 e. The lowest BCUT2D eigenvalue weighted by atomic mass is 10.1. The van der Waals surface area contributed by atoms with Crippen molar-refractivity contribution in [2.75, 3.05) is 6.54 Å². The van der Waals surface area contributed by atoms with Gasteiger partial charge in [-0.2, -0.15) is 0 Å². The Morgan fingerprint density at radius 3 is 2.68 bits per heavy atom. The number of benzene rings is 1. The van der Waals surface area contributed by atoms with Crippen molar-refractivity contribution >= 4 is 11.9 Å². The van der Waals surface area contributed by atoms with E-state index in [0.717, 1.165) is 11.8 Å². The first-order chi connectivity index (χ1) is 10.6. The predicted octanol–water partition coefficient (Wildman–Crippen LogP) is 2.28. The summed E-state index contributed by atoms with van der Waals surface area (Å²) in [4.78, 5) is 26.3. The highest BCUT2D eigenvalue weighted by atomic mass is 19.1. The van der Waals surface area contributed by atoms with E-state index in [9.17, 15) is 14.0 Å². The van der Waals surface area contributed by atoms with E-state index in [4.69, 9.17) is 5.11 Å². The fourth-order valence-corrected chi connectivity index (χ4v) is 1.93. The molecule has 1 amide bonds. The maximum atomic E-state index is 13.0. The molecule has 1 heterocycles. The minimum Gasteiger partial charge on any atom is -0.478 e. The Kier molecular flexibility index (Phi) is 5.19. The van der Waals surface area contributed by atoms with Gasteiger partial charge in [-0.15, -0.1) is 0 Å². The second kappa shape index (κ2) is 7.31. The summed E-state index contributed by atoms with van der Waals surface area (Å²) in [6, 6.07) is 9.03. The third kappa shape index (κ3) is 4.37. The summed E-state index contributed by atoms with van der Waals surface area (Å²) in [5.41, 5.74) is 1.07. The highest BCUT2D eigenvalue weighted by Gasteiger charge is 2.08. The van der Waals surface area contributed by atoms with E-state index in [1.165, 1.54) is 24.3 Å². The van der Waals surface area contributed by atoms with Gasteiger partial charge in [-0.05, 0) is 42.7 Å². The van der Waals surface area contributed by atoms with Crippen molar-refractivity contribution in [1.29, 1.82) is 0 Å². The summed E-state index contributed by atoms with van der Waals surface area (Å²) in [5.74, 6) is -1.73. The van der Waals surface area contributed by atoms with E-state index < -0.39 is 5.97 Å². The molecule has 6 heteroatoms. The second-order valence-electron chi connectivity index (χ2n) is 4.73. The Bertz CT molecular complexity index is 671. The van der Waals surface area contributed by atoms with Crippen LogP contribution >= 0.6 is 0 Å². The highest BCUT2D eigenvalue weighted by Crippen LogP contribution is 2.06. The highest BCUT2D eigenvalue weighted by molar-refractivity contribution is 5.93. The molecule has 5 nitrogen and oxygen atoms in total. The molecule has 0 aliphatic carbocycles. The molecule has 0 saturated carbocycles. The van der Waals surface area contributed by atoms with E-state index in [0.29, 0.717) is 19.4 Å². The predicted molar refractivity (Wildman–Crippen MR) is 78.3 cm³/mol. The first kappa shape index (κ1) is 15.6. The number of aryl methyl sites for hydroxylation is 1. The van der Waals surface area contributed by atoms with Crippen LogP contribution in [0.25, 0.3) is 0 Å². The minimum absolute atomic E-state index is 0.0302. The zero-order chi connectivity index (χ0) is 15.9. The smallest absolute Gasteiger partial charge is 0.337 e. The third-order valence-corrected chi connectivity index (χ3v) is 3.06. The molecule has 114 valence electrons. The van der Waals surface area contributed by atoms with Crippen LogP contribution in [0.5, 0.6) is 0 Å². The van der Waals surface area contributed by atoms with E-state index in [-0.39, 0.29) is 23.0 Å². The molecule has 0 spiro atoms. The van der Waals surface area contributed by atoms with E-state index in [1.54, 1.807) is 6.07 Å². The number of hydrogen-bond acceptors (Lipinski definition) is 3. The standard InChI is InChI=1S/C16H15FN2O3/c17-13-5-1-3-11(9-13)4-2-8-18-15(20)14-7-6-12(10-19-14)16(21)22/h1,3,5-7,9-10H,2,4,8H2,(H,18,20)(H,21,22). The Hall–Kier alpha value is -2.76. The number of carboxylic acids is 1. The Labute approximate surface area is 126 Å². The van der Waals surface area contributed by atoms with Crippen LogP contribution in [0, 0.1) is 5.82 Å². The molecular formula is C16H15FN2O3. The van der Waals surface area contributed by atoms with Gasteiger partial charge in [-0.3, -0.25) is 9.78 Å². The number of carbonyl (C=O) groups excluding carboxylic acids is 1. The molecule has 0 unspecified atom stereocenters. The summed E-state index contributed by atoms with van der Waals surface area (Å²) in [5, 5.41) is 11.4. The Morgan fingerprint density at radius 2 is 2.05 bits per heavy atom. The van der Waals surface area contributed by atoms with Crippen LogP contribution in [0.2, 0.25) is 0 Å². The van der Waals surface area contributed by atoms with Crippen molar-refractivity contribution in [1.82, 2.24) is 10.3 Å². The van der Waals surface area contributed by atoms with Gasteiger partial charge in [0.2, 0.25) is 0 Å². The molecule has 0 bridgehead atoms. The average Bonchev–Trinajstić information content (AvgIpc) is 2.51. The molecule has 1 aromatic heterocycles. The van der Waals surface area contributed by atoms with Crippen molar-refractivity contribution in [3.8, 4) is 0 Å². The van der Waals surface area contributed by atoms with Crippen LogP contribution in [-0.4, -0.2) is 28.5 Å². The SMILES string of the molecule is O=C(O)c1ccc(C(=O)NCCCc2cccc(F)c2)nc1. The van der Waals surface area contributed by atoms with E-state index in [2.05, 4.69) is 10.3 Å². The molecule has 0 aliphatic heterocycles. The molecule has 22 heavy (non-hydrogen) atoms. The van der Waals surface area contributed by atoms with Gasteiger partial charge in [0, 0.05) is 12.7 Å². The number of carbonyl (C=O) groups is 2. The van der Waals surface area contributed by atoms with Crippen LogP contribution in [0.3, 0.4) is 0 Å². The second-order valence-corrected chi connectivity index (χ2v) is 4.73. The summed E-state index contributed by atoms with van der Waals surface area (Å²) in [7, 11) is 0. The zero-order valence-corrected chi connectivity index (χ0v) is 11.8. The quantitative estimate of drug-likeness (QED) is 0.802. The maximum Gasteiger partial charge on any atom is 0.337 e. The number of amides is 1. The Morgan fingerprint density at radius 1 is 1.23 bits per heavy atom. The van der Waals surface area contributed by atoms with E-state index >= 15 is 0 Å². The van der Waals surface area contributed by atoms with Gasteiger partial charge in [0.1, 0.15) is 11.5 Å². The van der Waals surface area contributed by atoms with Gasteiger partial charge in [-0.1, -0.05) is 12.1 Å². The fraction of sp³-hybridized carbons (Fsp3) is 0.188. The first-order valence-corrected chi connectivity index (χ1v) is 6.78. The summed E-state index contributed by atoms with van der Waals surface area (Å²) in [6.07, 6.45) is 2.47. The third-order valence-electron chi connectivity index (χ3n) is 3.06. The maximum absolute atomic E-state index is 13.0. The molecular weight excluding hydrogens is 287 g/mol. The lowest BCUT2D eigenvalue weighted by Crippen LogP contribution is -2.25. The molecule has 2 N–H and O–H groups in total. The number of aromatic carboxylic acids is 1. The lowest BCUT2D eigenvalue weighted by Gasteiger charge is -2.05. The summed E-state index contributed by atoms with van der Waals surface area (Å²) < 4.78 is 13.0. The van der Waals surface area contributed by atoms with Gasteiger partial charge in [0.05, 0.1) is 5.56 Å². The molecule has 2 rings (SSSR count). The van der Waals surface area contributed by atoms with Crippen molar-refractivity contribution < 1.29 is 19.1 Å². The van der Waals surface area contributed by atoms with Crippen molar-refractivity contribution in [2.24, 2.45) is 0 Å².